The molecule has 10 nitrogen and oxygen atoms in total. The summed E-state index contributed by atoms with van der Waals surface area (Å²) in [5.74, 6) is 0.507. The van der Waals surface area contributed by atoms with Gasteiger partial charge in [-0.05, 0) is 38.6 Å². The molecule has 3 fully saturated rings. The highest BCUT2D eigenvalue weighted by Gasteiger charge is 2.38. The molecule has 2 heterocycles. The number of hydrogen-bond acceptors (Lipinski definition) is 7. The van der Waals surface area contributed by atoms with Crippen LogP contribution in [0.4, 0.5) is 4.79 Å². The van der Waals surface area contributed by atoms with Crippen molar-refractivity contribution in [2.24, 2.45) is 10.9 Å². The van der Waals surface area contributed by atoms with E-state index < -0.39 is 17.7 Å². The van der Waals surface area contributed by atoms with Gasteiger partial charge in [0.2, 0.25) is 11.9 Å². The number of nitriles is 1. The molecule has 2 saturated heterocycles. The second kappa shape index (κ2) is 13.6. The molecule has 3 aliphatic rings. The number of rotatable bonds is 7. The standard InChI is InChI=1S/C25H42N6O4/c1-3-15-35-24(33)28-23(31-13-16-34-17-14-31)27-21(18-20-7-5-4-6-8-20)22(32)29-25(19-26)9-11-30(2)12-10-25/h20-21H,3-18H2,1-2H3,(H,29,32)(H,27,28,33)/t21-/m0/s1. The highest BCUT2D eigenvalue weighted by molar-refractivity contribution is 5.96. The molecule has 0 bridgehead atoms. The van der Waals surface area contributed by atoms with Crippen LogP contribution in [0.3, 0.4) is 0 Å². The van der Waals surface area contributed by atoms with E-state index in [1.54, 1.807) is 0 Å². The molecule has 1 aliphatic carbocycles. The number of alkyl carbamates (subject to hydrolysis) is 1. The lowest BCUT2D eigenvalue weighted by Crippen LogP contribution is -2.56. The number of piperidine rings is 1. The summed E-state index contributed by atoms with van der Waals surface area (Å²) in [5, 5.41) is 15.8. The van der Waals surface area contributed by atoms with E-state index in [0.29, 0.717) is 64.1 Å². The second-order valence-corrected chi connectivity index (χ2v) is 10.1. The molecule has 0 aromatic heterocycles. The maximum absolute atomic E-state index is 13.6. The number of likely N-dealkylation sites (tertiary alicyclic amines) is 1. The lowest BCUT2D eigenvalue weighted by atomic mass is 9.84. The lowest BCUT2D eigenvalue weighted by Gasteiger charge is -2.37. The minimum atomic E-state index is -0.878. The fourth-order valence-corrected chi connectivity index (χ4v) is 4.98. The van der Waals surface area contributed by atoms with Crippen LogP contribution >= 0.6 is 0 Å². The summed E-state index contributed by atoms with van der Waals surface area (Å²) in [6.45, 7) is 5.95. The summed E-state index contributed by atoms with van der Waals surface area (Å²) in [7, 11) is 2.02. The molecule has 0 radical (unpaired) electrons. The molecular formula is C25H42N6O4. The van der Waals surface area contributed by atoms with E-state index in [1.807, 2.05) is 18.9 Å². The number of carbonyl (C=O) groups is 2. The Bertz CT molecular complexity index is 762. The van der Waals surface area contributed by atoms with Gasteiger partial charge in [0.1, 0.15) is 11.6 Å². The van der Waals surface area contributed by atoms with Crippen molar-refractivity contribution in [3.05, 3.63) is 0 Å². The molecule has 2 amide bonds. The summed E-state index contributed by atoms with van der Waals surface area (Å²) in [4.78, 5) is 35.0. The SMILES string of the molecule is CCCOC(=O)NC(=N[C@@H](CC1CCCCC1)C(=O)NC1(C#N)CCN(C)CC1)N1CCOCC1. The van der Waals surface area contributed by atoms with E-state index >= 15 is 0 Å². The number of morpholine rings is 1. The van der Waals surface area contributed by atoms with E-state index in [2.05, 4.69) is 21.6 Å². The molecule has 1 atom stereocenters. The van der Waals surface area contributed by atoms with Crippen LogP contribution in [0.25, 0.3) is 0 Å². The van der Waals surface area contributed by atoms with Gasteiger partial charge in [0.25, 0.3) is 0 Å². The van der Waals surface area contributed by atoms with Crippen molar-refractivity contribution in [3.8, 4) is 6.07 Å². The Kier molecular flexibility index (Phi) is 10.6. The summed E-state index contributed by atoms with van der Waals surface area (Å²) < 4.78 is 10.7. The van der Waals surface area contributed by atoms with Crippen molar-refractivity contribution in [1.29, 1.82) is 5.26 Å². The quantitative estimate of drug-likeness (QED) is 0.415. The Morgan fingerprint density at radius 1 is 1.17 bits per heavy atom. The van der Waals surface area contributed by atoms with Crippen LogP contribution in [-0.4, -0.2) is 92.4 Å². The van der Waals surface area contributed by atoms with Gasteiger partial charge in [-0.2, -0.15) is 5.26 Å². The van der Waals surface area contributed by atoms with Crippen molar-refractivity contribution in [3.63, 3.8) is 0 Å². The van der Waals surface area contributed by atoms with Gasteiger partial charge in [-0.15, -0.1) is 0 Å². The van der Waals surface area contributed by atoms with E-state index in [9.17, 15) is 14.9 Å². The van der Waals surface area contributed by atoms with Gasteiger partial charge in [-0.3, -0.25) is 10.1 Å². The minimum absolute atomic E-state index is 0.240. The minimum Gasteiger partial charge on any atom is -0.449 e. The van der Waals surface area contributed by atoms with Crippen molar-refractivity contribution in [1.82, 2.24) is 20.4 Å². The normalized spacial score (nSPS) is 22.7. The molecule has 3 rings (SSSR count). The Hall–Kier alpha value is -2.38. The third-order valence-electron chi connectivity index (χ3n) is 7.24. The monoisotopic (exact) mass is 490 g/mol. The van der Waals surface area contributed by atoms with Crippen molar-refractivity contribution < 1.29 is 19.1 Å². The maximum atomic E-state index is 13.6. The van der Waals surface area contributed by atoms with Gasteiger partial charge in [0, 0.05) is 26.2 Å². The molecular weight excluding hydrogens is 448 g/mol. The zero-order valence-corrected chi connectivity index (χ0v) is 21.4. The van der Waals surface area contributed by atoms with Crippen LogP contribution in [0, 0.1) is 17.2 Å². The molecule has 10 heteroatoms. The topological polar surface area (TPSA) is 119 Å². The lowest BCUT2D eigenvalue weighted by molar-refractivity contribution is -0.124. The van der Waals surface area contributed by atoms with Gasteiger partial charge in [-0.25, -0.2) is 9.79 Å². The van der Waals surface area contributed by atoms with E-state index in [4.69, 9.17) is 14.5 Å². The van der Waals surface area contributed by atoms with Crippen LogP contribution in [0.15, 0.2) is 4.99 Å². The molecule has 0 unspecified atom stereocenters. The molecule has 0 spiro atoms. The number of hydrogen-bond donors (Lipinski definition) is 2. The van der Waals surface area contributed by atoms with Gasteiger partial charge >= 0.3 is 6.09 Å². The Balaban J connectivity index is 1.83. The fraction of sp³-hybridized carbons (Fsp3) is 0.840. The third kappa shape index (κ3) is 8.36. The highest BCUT2D eigenvalue weighted by atomic mass is 16.5. The van der Waals surface area contributed by atoms with Crippen molar-refractivity contribution >= 4 is 18.0 Å². The Morgan fingerprint density at radius 2 is 1.86 bits per heavy atom. The fourth-order valence-electron chi connectivity index (χ4n) is 4.98. The molecule has 2 aliphatic heterocycles. The number of nitrogens with zero attached hydrogens (tertiary/aromatic N) is 4. The number of carbonyl (C=O) groups excluding carboxylic acids is 2. The molecule has 0 aromatic carbocycles. The first-order valence-corrected chi connectivity index (χ1v) is 13.2. The van der Waals surface area contributed by atoms with E-state index in [-0.39, 0.29) is 5.91 Å². The predicted molar refractivity (Wildman–Crippen MR) is 133 cm³/mol. The Morgan fingerprint density at radius 3 is 2.49 bits per heavy atom. The van der Waals surface area contributed by atoms with E-state index in [0.717, 1.165) is 45.2 Å². The second-order valence-electron chi connectivity index (χ2n) is 10.1. The molecule has 1 saturated carbocycles. The zero-order chi connectivity index (χ0) is 25.1. The summed E-state index contributed by atoms with van der Waals surface area (Å²) in [6, 6.07) is 1.69. The summed E-state index contributed by atoms with van der Waals surface area (Å²) >= 11 is 0. The predicted octanol–water partition coefficient (Wildman–Crippen LogP) is 2.25. The number of nitrogens with one attached hydrogen (secondary N) is 2. The maximum Gasteiger partial charge on any atom is 0.413 e. The number of amides is 2. The van der Waals surface area contributed by atoms with Crippen LogP contribution in [0.1, 0.15) is 64.7 Å². The van der Waals surface area contributed by atoms with Crippen molar-refractivity contribution in [2.45, 2.75) is 76.3 Å². The molecule has 2 N–H and O–H groups in total. The van der Waals surface area contributed by atoms with Crippen LogP contribution in [0.2, 0.25) is 0 Å². The average Bonchev–Trinajstić information content (AvgIpc) is 2.89. The highest BCUT2D eigenvalue weighted by Crippen LogP contribution is 2.29. The average molecular weight is 491 g/mol. The van der Waals surface area contributed by atoms with Gasteiger partial charge in [0.05, 0.1) is 25.9 Å². The number of guanidine groups is 1. The zero-order valence-electron chi connectivity index (χ0n) is 21.4. The molecule has 196 valence electrons. The first-order valence-electron chi connectivity index (χ1n) is 13.2. The van der Waals surface area contributed by atoms with Gasteiger partial charge in [0.15, 0.2) is 0 Å². The summed E-state index contributed by atoms with van der Waals surface area (Å²) in [5.41, 5.74) is -0.878. The smallest absolute Gasteiger partial charge is 0.413 e. The van der Waals surface area contributed by atoms with Crippen LogP contribution in [-0.2, 0) is 14.3 Å². The number of aliphatic imine (C=N–C) groups is 1. The van der Waals surface area contributed by atoms with Gasteiger partial charge in [-0.1, -0.05) is 39.0 Å². The summed E-state index contributed by atoms with van der Waals surface area (Å²) in [6.07, 6.45) is 7.63. The largest absolute Gasteiger partial charge is 0.449 e. The first kappa shape index (κ1) is 27.2. The molecule has 35 heavy (non-hydrogen) atoms. The third-order valence-corrected chi connectivity index (χ3v) is 7.24. The van der Waals surface area contributed by atoms with Gasteiger partial charge < -0.3 is 24.6 Å². The van der Waals surface area contributed by atoms with E-state index in [1.165, 1.54) is 6.42 Å². The first-order chi connectivity index (χ1) is 16.9. The van der Waals surface area contributed by atoms with Crippen LogP contribution < -0.4 is 10.6 Å². The van der Waals surface area contributed by atoms with Crippen molar-refractivity contribution in [2.75, 3.05) is 53.0 Å². The number of ether oxygens (including phenoxy) is 2. The van der Waals surface area contributed by atoms with Crippen LogP contribution in [0.5, 0.6) is 0 Å². The Labute approximate surface area is 209 Å². The molecule has 0 aromatic rings.